The minimum Gasteiger partial charge on any atom is -0.330 e. The van der Waals surface area contributed by atoms with E-state index in [4.69, 9.17) is 12.2 Å². The first-order valence-electron chi connectivity index (χ1n) is 5.34. The number of hydrogen-bond acceptors (Lipinski definition) is 1. The Kier molecular flexibility index (Phi) is 4.44. The average Bonchev–Trinajstić information content (AvgIpc) is 2.36. The van der Waals surface area contributed by atoms with Gasteiger partial charge >= 0.3 is 0 Å². The molecule has 0 aliphatic carbocycles. The van der Waals surface area contributed by atoms with Gasteiger partial charge < -0.3 is 10.6 Å². The van der Waals surface area contributed by atoms with Crippen molar-refractivity contribution >= 4 is 44.6 Å². The third-order valence-corrected chi connectivity index (χ3v) is 3.00. The summed E-state index contributed by atoms with van der Waals surface area (Å²) in [5, 5.41) is 5.46. The summed E-state index contributed by atoms with van der Waals surface area (Å²) in [6, 6.07) is 10.6. The number of nitrogens with one attached hydrogen (secondary N) is 2. The van der Waals surface area contributed by atoms with Crippen LogP contribution in [0.4, 0.5) is 20.2 Å². The summed E-state index contributed by atoms with van der Waals surface area (Å²) in [5.41, 5.74) is 0.453. The zero-order valence-corrected chi connectivity index (χ0v) is 12.0. The first-order chi connectivity index (χ1) is 9.06. The summed E-state index contributed by atoms with van der Waals surface area (Å²) in [6.45, 7) is 0. The Bertz CT molecular complexity index is 619. The maximum Gasteiger partial charge on any atom is 0.175 e. The molecule has 2 N–H and O–H groups in total. The van der Waals surface area contributed by atoms with Crippen LogP contribution in [0.5, 0.6) is 0 Å². The first kappa shape index (κ1) is 13.9. The van der Waals surface area contributed by atoms with E-state index in [1.165, 1.54) is 18.2 Å². The van der Waals surface area contributed by atoms with Gasteiger partial charge in [0.05, 0.1) is 11.4 Å². The van der Waals surface area contributed by atoms with Crippen LogP contribution in [-0.2, 0) is 0 Å². The van der Waals surface area contributed by atoms with Gasteiger partial charge in [-0.1, -0.05) is 28.1 Å². The highest BCUT2D eigenvalue weighted by molar-refractivity contribution is 9.10. The molecule has 19 heavy (non-hydrogen) atoms. The molecule has 98 valence electrons. The molecule has 0 unspecified atom stereocenters. The van der Waals surface area contributed by atoms with E-state index in [1.807, 2.05) is 0 Å². The van der Waals surface area contributed by atoms with Gasteiger partial charge in [0, 0.05) is 4.47 Å². The van der Waals surface area contributed by atoms with Crippen molar-refractivity contribution in [2.24, 2.45) is 0 Å². The quantitative estimate of drug-likeness (QED) is 0.783. The topological polar surface area (TPSA) is 24.1 Å². The predicted octanol–water partition coefficient (Wildman–Crippen LogP) is 4.54. The third-order valence-electron chi connectivity index (χ3n) is 2.30. The van der Waals surface area contributed by atoms with Gasteiger partial charge in [0.25, 0.3) is 0 Å². The molecule has 2 aromatic carbocycles. The lowest BCUT2D eigenvalue weighted by Crippen LogP contribution is -2.20. The molecule has 0 saturated heterocycles. The fraction of sp³-hybridized carbons (Fsp3) is 0. The van der Waals surface area contributed by atoms with Gasteiger partial charge in [-0.2, -0.15) is 0 Å². The molecule has 0 saturated carbocycles. The van der Waals surface area contributed by atoms with Crippen LogP contribution in [0.1, 0.15) is 0 Å². The van der Waals surface area contributed by atoms with Crippen LogP contribution in [-0.4, -0.2) is 5.11 Å². The molecule has 0 atom stereocenters. The van der Waals surface area contributed by atoms with Gasteiger partial charge in [-0.05, 0) is 42.5 Å². The largest absolute Gasteiger partial charge is 0.330 e. The number of para-hydroxylation sites is 1. The number of benzene rings is 2. The average molecular weight is 343 g/mol. The van der Waals surface area contributed by atoms with E-state index >= 15 is 0 Å². The summed E-state index contributed by atoms with van der Waals surface area (Å²) >= 11 is 8.16. The molecule has 0 amide bonds. The van der Waals surface area contributed by atoms with Crippen molar-refractivity contribution in [1.82, 2.24) is 0 Å². The van der Waals surface area contributed by atoms with Crippen molar-refractivity contribution in [2.75, 3.05) is 10.6 Å². The van der Waals surface area contributed by atoms with E-state index in [1.54, 1.807) is 24.3 Å². The predicted molar refractivity (Wildman–Crippen MR) is 80.3 cm³/mol. The summed E-state index contributed by atoms with van der Waals surface area (Å²) in [5.74, 6) is -0.880. The molecular formula is C13H9BrF2N2S. The standard InChI is InChI=1S/C13H9BrF2N2S/c14-8-5-6-12(10(16)7-8)18-13(19)17-11-4-2-1-3-9(11)15/h1-7H,(H2,17,18,19). The van der Waals surface area contributed by atoms with Crippen LogP contribution in [0, 0.1) is 11.6 Å². The van der Waals surface area contributed by atoms with E-state index in [0.717, 1.165) is 0 Å². The normalized spacial score (nSPS) is 10.1. The maximum atomic E-state index is 13.6. The smallest absolute Gasteiger partial charge is 0.175 e. The van der Waals surface area contributed by atoms with Crippen molar-refractivity contribution < 1.29 is 8.78 Å². The molecule has 0 spiro atoms. The molecule has 0 aliphatic heterocycles. The molecule has 0 heterocycles. The van der Waals surface area contributed by atoms with E-state index in [0.29, 0.717) is 4.47 Å². The molecule has 0 aromatic heterocycles. The van der Waals surface area contributed by atoms with Crippen molar-refractivity contribution in [3.63, 3.8) is 0 Å². The lowest BCUT2D eigenvalue weighted by molar-refractivity contribution is 0.631. The Morgan fingerprint density at radius 2 is 1.58 bits per heavy atom. The maximum absolute atomic E-state index is 13.6. The van der Waals surface area contributed by atoms with E-state index in [-0.39, 0.29) is 16.5 Å². The zero-order valence-electron chi connectivity index (χ0n) is 9.58. The lowest BCUT2D eigenvalue weighted by Gasteiger charge is -2.11. The van der Waals surface area contributed by atoms with Crippen LogP contribution in [0.3, 0.4) is 0 Å². The Morgan fingerprint density at radius 3 is 2.21 bits per heavy atom. The van der Waals surface area contributed by atoms with E-state index in [9.17, 15) is 8.78 Å². The molecule has 0 aliphatic rings. The molecule has 2 nitrogen and oxygen atoms in total. The lowest BCUT2D eigenvalue weighted by atomic mass is 10.3. The Hall–Kier alpha value is -1.53. The summed E-state index contributed by atoms with van der Waals surface area (Å²) in [7, 11) is 0. The second-order valence-corrected chi connectivity index (χ2v) is 5.01. The second-order valence-electron chi connectivity index (χ2n) is 3.68. The minimum absolute atomic E-state index is 0.117. The molecular weight excluding hydrogens is 334 g/mol. The van der Waals surface area contributed by atoms with Gasteiger partial charge in [0.1, 0.15) is 11.6 Å². The molecule has 0 fully saturated rings. The molecule has 2 aromatic rings. The van der Waals surface area contributed by atoms with Gasteiger partial charge in [0.15, 0.2) is 5.11 Å². The van der Waals surface area contributed by atoms with Gasteiger partial charge in [-0.3, -0.25) is 0 Å². The van der Waals surface area contributed by atoms with Crippen LogP contribution < -0.4 is 10.6 Å². The minimum atomic E-state index is -0.452. The highest BCUT2D eigenvalue weighted by Crippen LogP contribution is 2.20. The van der Waals surface area contributed by atoms with Crippen molar-refractivity contribution in [3.05, 3.63) is 58.6 Å². The van der Waals surface area contributed by atoms with Crippen LogP contribution in [0.25, 0.3) is 0 Å². The van der Waals surface area contributed by atoms with Crippen molar-refractivity contribution in [3.8, 4) is 0 Å². The number of thiocarbonyl (C=S) groups is 1. The Labute approximate surface area is 123 Å². The van der Waals surface area contributed by atoms with Crippen molar-refractivity contribution in [2.45, 2.75) is 0 Å². The fourth-order valence-electron chi connectivity index (χ4n) is 1.43. The number of halogens is 3. The highest BCUT2D eigenvalue weighted by Gasteiger charge is 2.06. The number of hydrogen-bond donors (Lipinski definition) is 2. The van der Waals surface area contributed by atoms with Crippen LogP contribution >= 0.6 is 28.1 Å². The molecule has 0 bridgehead atoms. The van der Waals surface area contributed by atoms with E-state index in [2.05, 4.69) is 26.6 Å². The monoisotopic (exact) mass is 342 g/mol. The first-order valence-corrected chi connectivity index (χ1v) is 6.54. The Balaban J connectivity index is 2.08. The van der Waals surface area contributed by atoms with Crippen LogP contribution in [0.15, 0.2) is 46.9 Å². The zero-order chi connectivity index (χ0) is 13.8. The van der Waals surface area contributed by atoms with Crippen molar-refractivity contribution in [1.29, 1.82) is 0 Å². The highest BCUT2D eigenvalue weighted by atomic mass is 79.9. The van der Waals surface area contributed by atoms with Gasteiger partial charge in [-0.15, -0.1) is 0 Å². The number of rotatable bonds is 2. The van der Waals surface area contributed by atoms with Gasteiger partial charge in [-0.25, -0.2) is 8.78 Å². The second kappa shape index (κ2) is 6.08. The molecule has 0 radical (unpaired) electrons. The third kappa shape index (κ3) is 3.71. The van der Waals surface area contributed by atoms with Crippen LogP contribution in [0.2, 0.25) is 0 Å². The number of anilines is 2. The SMILES string of the molecule is Fc1ccccc1NC(=S)Nc1ccc(Br)cc1F. The Morgan fingerprint density at radius 1 is 0.947 bits per heavy atom. The summed E-state index contributed by atoms with van der Waals surface area (Å²) in [4.78, 5) is 0. The summed E-state index contributed by atoms with van der Waals surface area (Å²) < 4.78 is 27.6. The fourth-order valence-corrected chi connectivity index (χ4v) is 1.98. The van der Waals surface area contributed by atoms with Gasteiger partial charge in [0.2, 0.25) is 0 Å². The molecule has 6 heteroatoms. The summed E-state index contributed by atoms with van der Waals surface area (Å²) in [6.07, 6.45) is 0. The van der Waals surface area contributed by atoms with E-state index < -0.39 is 11.6 Å². The molecule has 2 rings (SSSR count).